The highest BCUT2D eigenvalue weighted by molar-refractivity contribution is 5.71. The molecule has 0 aliphatic carbocycles. The van der Waals surface area contributed by atoms with Gasteiger partial charge in [-0.05, 0) is 31.1 Å². The van der Waals surface area contributed by atoms with Gasteiger partial charge in [0.2, 0.25) is 0 Å². The molecule has 6 heteroatoms. The van der Waals surface area contributed by atoms with Crippen LogP contribution in [0.25, 0.3) is 0 Å². The van der Waals surface area contributed by atoms with Crippen molar-refractivity contribution in [2.75, 3.05) is 13.2 Å². The summed E-state index contributed by atoms with van der Waals surface area (Å²) < 4.78 is 16.7. The van der Waals surface area contributed by atoms with Crippen molar-refractivity contribution in [3.8, 4) is 0 Å². The van der Waals surface area contributed by atoms with Gasteiger partial charge >= 0.3 is 17.9 Å². The molecule has 55 heavy (non-hydrogen) atoms. The lowest BCUT2D eigenvalue weighted by molar-refractivity contribution is -0.167. The van der Waals surface area contributed by atoms with E-state index in [1.807, 2.05) is 0 Å². The normalized spacial score (nSPS) is 12.1. The van der Waals surface area contributed by atoms with Crippen molar-refractivity contribution in [3.05, 3.63) is 0 Å². The van der Waals surface area contributed by atoms with Gasteiger partial charge in [0.25, 0.3) is 0 Å². The number of hydrogen-bond donors (Lipinski definition) is 0. The predicted octanol–water partition coefficient (Wildman–Crippen LogP) is 15.4. The Morgan fingerprint density at radius 1 is 0.345 bits per heavy atom. The second-order valence-corrected chi connectivity index (χ2v) is 17.7. The van der Waals surface area contributed by atoms with Crippen LogP contribution in [0.1, 0.15) is 266 Å². The maximum Gasteiger partial charge on any atom is 0.306 e. The molecule has 0 rings (SSSR count). The number of hydrogen-bond acceptors (Lipinski definition) is 6. The van der Waals surface area contributed by atoms with Crippen molar-refractivity contribution >= 4 is 17.9 Å². The van der Waals surface area contributed by atoms with Crippen LogP contribution in [0.15, 0.2) is 0 Å². The third-order valence-corrected chi connectivity index (χ3v) is 11.0. The van der Waals surface area contributed by atoms with Gasteiger partial charge < -0.3 is 14.2 Å². The zero-order chi connectivity index (χ0) is 40.5. The van der Waals surface area contributed by atoms with Crippen molar-refractivity contribution in [2.24, 2.45) is 11.8 Å². The minimum atomic E-state index is -0.761. The number of carbonyl (C=O) groups excluding carboxylic acids is 3. The monoisotopic (exact) mass is 779 g/mol. The highest BCUT2D eigenvalue weighted by atomic mass is 16.6. The van der Waals surface area contributed by atoms with Crippen LogP contribution in [-0.4, -0.2) is 37.2 Å². The largest absolute Gasteiger partial charge is 0.462 e. The first-order valence-corrected chi connectivity index (χ1v) is 24.2. The lowest BCUT2D eigenvalue weighted by Gasteiger charge is -2.18. The number of unbranched alkanes of at least 4 members (excludes halogenated alkanes) is 28. The average molecular weight is 779 g/mol. The molecule has 0 bridgehead atoms. The second kappa shape index (κ2) is 42.0. The molecule has 0 N–H and O–H groups in total. The Hall–Kier alpha value is -1.59. The summed E-state index contributed by atoms with van der Waals surface area (Å²) in [5.41, 5.74) is 0. The van der Waals surface area contributed by atoms with E-state index in [0.29, 0.717) is 19.3 Å². The minimum Gasteiger partial charge on any atom is -0.462 e. The molecule has 326 valence electrons. The van der Waals surface area contributed by atoms with Crippen LogP contribution in [0.3, 0.4) is 0 Å². The summed E-state index contributed by atoms with van der Waals surface area (Å²) in [4.78, 5) is 37.8. The Morgan fingerprint density at radius 2 is 0.600 bits per heavy atom. The molecule has 0 saturated heterocycles. The summed E-state index contributed by atoms with van der Waals surface area (Å²) in [6.45, 7) is 11.3. The lowest BCUT2D eigenvalue weighted by Crippen LogP contribution is -2.30. The van der Waals surface area contributed by atoms with E-state index in [0.717, 1.165) is 69.6 Å². The Labute approximate surface area is 342 Å². The molecule has 0 heterocycles. The third-order valence-electron chi connectivity index (χ3n) is 11.0. The molecule has 0 fully saturated rings. The Bertz CT molecular complexity index is 839. The van der Waals surface area contributed by atoms with E-state index in [-0.39, 0.29) is 31.1 Å². The Balaban J connectivity index is 4.29. The van der Waals surface area contributed by atoms with E-state index in [2.05, 4.69) is 34.6 Å². The van der Waals surface area contributed by atoms with E-state index in [1.54, 1.807) is 0 Å². The van der Waals surface area contributed by atoms with Crippen LogP contribution in [-0.2, 0) is 28.6 Å². The lowest BCUT2D eigenvalue weighted by atomic mass is 10.0. The molecular formula is C49H94O6. The van der Waals surface area contributed by atoms with Crippen LogP contribution in [0.5, 0.6) is 0 Å². The summed E-state index contributed by atoms with van der Waals surface area (Å²) in [6, 6.07) is 0. The molecule has 0 unspecified atom stereocenters. The summed E-state index contributed by atoms with van der Waals surface area (Å²) in [5.74, 6) is 0.756. The van der Waals surface area contributed by atoms with Crippen LogP contribution in [0.2, 0.25) is 0 Å². The Morgan fingerprint density at radius 3 is 0.891 bits per heavy atom. The SMILES string of the molecule is CCCCCCCCCCCCCCC(=O)OC[C@H](COC(=O)CCCCCCCCCCCCCCC(C)C)OC(=O)CCCCCCCCCC(C)C. The zero-order valence-corrected chi connectivity index (χ0v) is 37.6. The highest BCUT2D eigenvalue weighted by Gasteiger charge is 2.19. The van der Waals surface area contributed by atoms with Gasteiger partial charge in [0.15, 0.2) is 6.10 Å². The van der Waals surface area contributed by atoms with Crippen molar-refractivity contribution < 1.29 is 28.6 Å². The molecule has 0 aromatic rings. The molecule has 0 saturated carbocycles. The van der Waals surface area contributed by atoms with Gasteiger partial charge in [0.1, 0.15) is 13.2 Å². The quantitative estimate of drug-likeness (QED) is 0.0348. The Kier molecular flexibility index (Phi) is 40.8. The van der Waals surface area contributed by atoms with Crippen LogP contribution in [0, 0.1) is 11.8 Å². The van der Waals surface area contributed by atoms with Gasteiger partial charge in [0.05, 0.1) is 0 Å². The van der Waals surface area contributed by atoms with Crippen molar-refractivity contribution in [1.82, 2.24) is 0 Å². The van der Waals surface area contributed by atoms with Crippen molar-refractivity contribution in [1.29, 1.82) is 0 Å². The second-order valence-electron chi connectivity index (χ2n) is 17.7. The number of rotatable bonds is 43. The fourth-order valence-corrected chi connectivity index (χ4v) is 7.28. The predicted molar refractivity (Wildman–Crippen MR) is 233 cm³/mol. The van der Waals surface area contributed by atoms with Gasteiger partial charge in [-0.25, -0.2) is 0 Å². The van der Waals surface area contributed by atoms with Gasteiger partial charge in [-0.15, -0.1) is 0 Å². The first-order chi connectivity index (χ1) is 26.7. The fourth-order valence-electron chi connectivity index (χ4n) is 7.28. The van der Waals surface area contributed by atoms with Crippen LogP contribution in [0.4, 0.5) is 0 Å². The molecule has 0 amide bonds. The van der Waals surface area contributed by atoms with E-state index in [4.69, 9.17) is 14.2 Å². The fraction of sp³-hybridized carbons (Fsp3) is 0.939. The first kappa shape index (κ1) is 53.4. The van der Waals surface area contributed by atoms with E-state index < -0.39 is 6.10 Å². The van der Waals surface area contributed by atoms with E-state index in [9.17, 15) is 14.4 Å². The summed E-state index contributed by atoms with van der Waals surface area (Å²) in [7, 11) is 0. The van der Waals surface area contributed by atoms with E-state index >= 15 is 0 Å². The summed E-state index contributed by atoms with van der Waals surface area (Å²) in [5, 5.41) is 0. The molecule has 0 radical (unpaired) electrons. The first-order valence-electron chi connectivity index (χ1n) is 24.2. The maximum atomic E-state index is 12.7. The molecule has 0 aliphatic rings. The van der Waals surface area contributed by atoms with Crippen molar-refractivity contribution in [3.63, 3.8) is 0 Å². The topological polar surface area (TPSA) is 78.9 Å². The standard InChI is InChI=1S/C49H94O6/c1-6-7-8-9-10-11-12-16-19-24-29-34-39-47(50)53-42-46(55-49(52)41-36-31-26-21-23-28-33-38-45(4)5)43-54-48(51)40-35-30-25-20-17-14-13-15-18-22-27-32-37-44(2)3/h44-46H,6-43H2,1-5H3/t46-/m1/s1. The third kappa shape index (κ3) is 43.4. The number of esters is 3. The number of carbonyl (C=O) groups is 3. The van der Waals surface area contributed by atoms with Crippen LogP contribution < -0.4 is 0 Å². The van der Waals surface area contributed by atoms with Crippen molar-refractivity contribution in [2.45, 2.75) is 272 Å². The summed E-state index contributed by atoms with van der Waals surface area (Å²) >= 11 is 0. The van der Waals surface area contributed by atoms with E-state index in [1.165, 1.54) is 154 Å². The van der Waals surface area contributed by atoms with Gasteiger partial charge in [-0.2, -0.15) is 0 Å². The molecule has 1 atom stereocenters. The number of ether oxygens (including phenoxy) is 3. The molecule has 0 aromatic carbocycles. The molecule has 0 aromatic heterocycles. The highest BCUT2D eigenvalue weighted by Crippen LogP contribution is 2.17. The maximum absolute atomic E-state index is 12.7. The van der Waals surface area contributed by atoms with Gasteiger partial charge in [0, 0.05) is 19.3 Å². The van der Waals surface area contributed by atoms with Gasteiger partial charge in [-0.1, -0.05) is 227 Å². The smallest absolute Gasteiger partial charge is 0.306 e. The average Bonchev–Trinajstić information content (AvgIpc) is 3.15. The van der Waals surface area contributed by atoms with Gasteiger partial charge in [-0.3, -0.25) is 14.4 Å². The van der Waals surface area contributed by atoms with Crippen LogP contribution >= 0.6 is 0 Å². The summed E-state index contributed by atoms with van der Waals surface area (Å²) in [6.07, 6.45) is 40.9. The molecule has 0 aliphatic heterocycles. The molecule has 0 spiro atoms. The minimum absolute atomic E-state index is 0.0649. The zero-order valence-electron chi connectivity index (χ0n) is 37.6. The molecular weight excluding hydrogens is 685 g/mol. The molecule has 6 nitrogen and oxygen atoms in total.